The predicted molar refractivity (Wildman–Crippen MR) is 69.4 cm³/mol. The van der Waals surface area contributed by atoms with Crippen LogP contribution in [0.2, 0.25) is 0 Å². The molecule has 0 radical (unpaired) electrons. The van der Waals surface area contributed by atoms with Crippen molar-refractivity contribution in [1.82, 2.24) is 0 Å². The molecule has 1 aliphatic carbocycles. The minimum Gasteiger partial charge on any atom is -0.204 e. The Bertz CT molecular complexity index is 370. The summed E-state index contributed by atoms with van der Waals surface area (Å²) < 4.78 is 25.8. The maximum absolute atomic E-state index is 13.0. The van der Waals surface area contributed by atoms with E-state index in [1.54, 1.807) is 6.07 Å². The molecule has 1 aromatic carbocycles. The van der Waals surface area contributed by atoms with Crippen molar-refractivity contribution < 1.29 is 8.78 Å². The van der Waals surface area contributed by atoms with Gasteiger partial charge in [-0.2, -0.15) is 0 Å². The van der Waals surface area contributed by atoms with E-state index in [4.69, 9.17) is 0 Å². The van der Waals surface area contributed by atoms with Crippen molar-refractivity contribution in [3.8, 4) is 0 Å². The molecule has 0 spiro atoms. The summed E-state index contributed by atoms with van der Waals surface area (Å²) in [6, 6.07) is 4.24. The molecule has 1 saturated carbocycles. The van der Waals surface area contributed by atoms with E-state index in [1.165, 1.54) is 37.8 Å². The minimum atomic E-state index is -0.756. The second-order valence-corrected chi connectivity index (χ2v) is 6.20. The third kappa shape index (κ3) is 3.77. The van der Waals surface area contributed by atoms with E-state index in [0.717, 1.165) is 24.3 Å². The Kier molecular flexibility index (Phi) is 4.55. The van der Waals surface area contributed by atoms with Crippen molar-refractivity contribution in [2.24, 2.45) is 5.92 Å². The third-order valence-electron chi connectivity index (χ3n) is 3.60. The molecule has 0 aromatic heterocycles. The number of hydrogen-bond acceptors (Lipinski definition) is 0. The highest BCUT2D eigenvalue weighted by molar-refractivity contribution is 9.09. The van der Waals surface area contributed by atoms with Crippen molar-refractivity contribution in [3.63, 3.8) is 0 Å². The molecule has 0 bridgehead atoms. The summed E-state index contributed by atoms with van der Waals surface area (Å²) in [5, 5.41) is 0. The predicted octanol–water partition coefficient (Wildman–Crippen LogP) is 4.85. The maximum atomic E-state index is 13.0. The van der Waals surface area contributed by atoms with E-state index in [-0.39, 0.29) is 0 Å². The lowest BCUT2D eigenvalue weighted by Gasteiger charge is -2.25. The van der Waals surface area contributed by atoms with Gasteiger partial charge in [-0.15, -0.1) is 0 Å². The van der Waals surface area contributed by atoms with Crippen LogP contribution >= 0.6 is 15.9 Å². The van der Waals surface area contributed by atoms with Gasteiger partial charge < -0.3 is 0 Å². The summed E-state index contributed by atoms with van der Waals surface area (Å²) in [6.07, 6.45) is 6.92. The third-order valence-corrected chi connectivity index (χ3v) is 4.52. The molecule has 0 amide bonds. The Hall–Kier alpha value is -0.440. The van der Waals surface area contributed by atoms with E-state index in [1.807, 2.05) is 0 Å². The summed E-state index contributed by atoms with van der Waals surface area (Å²) in [5.41, 5.74) is 0.907. The SMILES string of the molecule is Fc1ccc(CCC2CCC(Br)CC2)cc1F. The summed E-state index contributed by atoms with van der Waals surface area (Å²) >= 11 is 3.64. The van der Waals surface area contributed by atoms with Gasteiger partial charge >= 0.3 is 0 Å². The second-order valence-electron chi connectivity index (χ2n) is 4.91. The van der Waals surface area contributed by atoms with Crippen molar-refractivity contribution in [1.29, 1.82) is 0 Å². The average Bonchev–Trinajstić information content (AvgIpc) is 2.33. The van der Waals surface area contributed by atoms with Gasteiger partial charge in [-0.05, 0) is 62.1 Å². The molecule has 94 valence electrons. The first-order valence-corrected chi connectivity index (χ1v) is 7.14. The van der Waals surface area contributed by atoms with Gasteiger partial charge in [-0.25, -0.2) is 8.78 Å². The van der Waals surface area contributed by atoms with Gasteiger partial charge in [-0.1, -0.05) is 22.0 Å². The molecule has 2 rings (SSSR count). The smallest absolute Gasteiger partial charge is 0.159 e. The number of alkyl halides is 1. The molecule has 1 aliphatic rings. The van der Waals surface area contributed by atoms with Crippen LogP contribution in [0.15, 0.2) is 18.2 Å². The maximum Gasteiger partial charge on any atom is 0.159 e. The molecule has 0 N–H and O–H groups in total. The van der Waals surface area contributed by atoms with Crippen LogP contribution in [0.25, 0.3) is 0 Å². The minimum absolute atomic E-state index is 0.682. The molecule has 3 heteroatoms. The van der Waals surface area contributed by atoms with Gasteiger partial charge in [0.25, 0.3) is 0 Å². The van der Waals surface area contributed by atoms with Crippen LogP contribution in [0, 0.1) is 17.6 Å². The zero-order valence-electron chi connectivity index (χ0n) is 9.76. The zero-order valence-corrected chi connectivity index (χ0v) is 11.3. The number of benzene rings is 1. The van der Waals surface area contributed by atoms with E-state index in [2.05, 4.69) is 15.9 Å². The van der Waals surface area contributed by atoms with E-state index in [9.17, 15) is 8.78 Å². The topological polar surface area (TPSA) is 0 Å². The summed E-state index contributed by atoms with van der Waals surface area (Å²) in [7, 11) is 0. The van der Waals surface area contributed by atoms with Crippen LogP contribution in [0.1, 0.15) is 37.7 Å². The van der Waals surface area contributed by atoms with Gasteiger partial charge in [0.15, 0.2) is 11.6 Å². The van der Waals surface area contributed by atoms with Gasteiger partial charge in [0.05, 0.1) is 0 Å². The lowest BCUT2D eigenvalue weighted by molar-refractivity contribution is 0.347. The fourth-order valence-electron chi connectivity index (χ4n) is 2.48. The standard InChI is InChI=1S/C14H17BrF2/c15-12-6-3-10(4-7-12)1-2-11-5-8-13(16)14(17)9-11/h5,8-10,12H,1-4,6-7H2. The fraction of sp³-hybridized carbons (Fsp3) is 0.571. The first kappa shape index (κ1) is 13.0. The Labute approximate surface area is 110 Å². The molecule has 0 atom stereocenters. The van der Waals surface area contributed by atoms with Crippen LogP contribution in [0.5, 0.6) is 0 Å². The van der Waals surface area contributed by atoms with Crippen LogP contribution in [-0.2, 0) is 6.42 Å². The number of rotatable bonds is 3. The van der Waals surface area contributed by atoms with Crippen molar-refractivity contribution in [2.75, 3.05) is 0 Å². The molecule has 0 aliphatic heterocycles. The van der Waals surface area contributed by atoms with E-state index < -0.39 is 11.6 Å². The summed E-state index contributed by atoms with van der Waals surface area (Å²) in [4.78, 5) is 0.682. The van der Waals surface area contributed by atoms with Crippen molar-refractivity contribution in [2.45, 2.75) is 43.4 Å². The Balaban J connectivity index is 1.83. The lowest BCUT2D eigenvalue weighted by Crippen LogP contribution is -2.14. The molecular weight excluding hydrogens is 286 g/mol. The number of halogens is 3. The largest absolute Gasteiger partial charge is 0.204 e. The quantitative estimate of drug-likeness (QED) is 0.700. The molecule has 0 heterocycles. The Morgan fingerprint density at radius 3 is 2.41 bits per heavy atom. The first-order valence-electron chi connectivity index (χ1n) is 6.23. The van der Waals surface area contributed by atoms with Gasteiger partial charge in [0.1, 0.15) is 0 Å². The molecule has 1 aromatic rings. The highest BCUT2D eigenvalue weighted by atomic mass is 79.9. The summed E-state index contributed by atoms with van der Waals surface area (Å²) in [6.45, 7) is 0. The molecular formula is C14H17BrF2. The highest BCUT2D eigenvalue weighted by Crippen LogP contribution is 2.31. The van der Waals surface area contributed by atoms with Crippen molar-refractivity contribution >= 4 is 15.9 Å². The summed E-state index contributed by atoms with van der Waals surface area (Å²) in [5.74, 6) is -0.739. The van der Waals surface area contributed by atoms with Crippen LogP contribution in [-0.4, -0.2) is 4.83 Å². The van der Waals surface area contributed by atoms with Crippen LogP contribution < -0.4 is 0 Å². The van der Waals surface area contributed by atoms with E-state index >= 15 is 0 Å². The van der Waals surface area contributed by atoms with Crippen LogP contribution in [0.3, 0.4) is 0 Å². The fourth-order valence-corrected chi connectivity index (χ4v) is 3.01. The number of hydrogen-bond donors (Lipinski definition) is 0. The van der Waals surface area contributed by atoms with E-state index in [0.29, 0.717) is 4.83 Å². The molecule has 0 saturated heterocycles. The Morgan fingerprint density at radius 1 is 1.06 bits per heavy atom. The van der Waals surface area contributed by atoms with Crippen LogP contribution in [0.4, 0.5) is 8.78 Å². The molecule has 1 fully saturated rings. The lowest BCUT2D eigenvalue weighted by atomic mass is 9.85. The molecule has 0 unspecified atom stereocenters. The molecule has 17 heavy (non-hydrogen) atoms. The van der Waals surface area contributed by atoms with Crippen molar-refractivity contribution in [3.05, 3.63) is 35.4 Å². The average molecular weight is 303 g/mol. The first-order chi connectivity index (χ1) is 8.15. The number of aryl methyl sites for hydroxylation is 1. The molecule has 0 nitrogen and oxygen atoms in total. The van der Waals surface area contributed by atoms with Gasteiger partial charge in [0, 0.05) is 4.83 Å². The normalized spacial score (nSPS) is 24.9. The second kappa shape index (κ2) is 5.94. The Morgan fingerprint density at radius 2 is 1.76 bits per heavy atom. The van der Waals surface area contributed by atoms with Gasteiger partial charge in [0.2, 0.25) is 0 Å². The monoisotopic (exact) mass is 302 g/mol. The van der Waals surface area contributed by atoms with Gasteiger partial charge in [-0.3, -0.25) is 0 Å². The zero-order chi connectivity index (χ0) is 12.3. The highest BCUT2D eigenvalue weighted by Gasteiger charge is 2.18.